The Morgan fingerprint density at radius 3 is 2.27 bits per heavy atom. The van der Waals surface area contributed by atoms with Crippen molar-refractivity contribution >= 4 is 39.9 Å². The summed E-state index contributed by atoms with van der Waals surface area (Å²) in [5.74, 6) is 0.339. The molecule has 8 heteroatoms. The van der Waals surface area contributed by atoms with Gasteiger partial charge >= 0.3 is 0 Å². The van der Waals surface area contributed by atoms with E-state index in [0.29, 0.717) is 18.0 Å². The molecule has 2 N–H and O–H groups in total. The van der Waals surface area contributed by atoms with Crippen molar-refractivity contribution in [3.63, 3.8) is 0 Å². The number of methoxy groups -OCH3 is 1. The first-order valence-electron chi connectivity index (χ1n) is 14.4. The van der Waals surface area contributed by atoms with Crippen LogP contribution in [0.15, 0.2) is 108 Å². The molecule has 1 heterocycles. The van der Waals surface area contributed by atoms with Crippen LogP contribution in [0.4, 0.5) is 5.69 Å². The number of hydrogen-bond acceptors (Lipinski definition) is 4. The molecule has 0 bridgehead atoms. The second kappa shape index (κ2) is 14.1. The number of alkyl halides is 1. The van der Waals surface area contributed by atoms with Crippen molar-refractivity contribution in [2.45, 2.75) is 38.2 Å². The number of halogens is 1. The van der Waals surface area contributed by atoms with E-state index in [1.54, 1.807) is 30.9 Å². The zero-order valence-electron chi connectivity index (χ0n) is 24.7. The Morgan fingerprint density at radius 2 is 1.55 bits per heavy atom. The number of aryl methyl sites for hydroxylation is 1. The van der Waals surface area contributed by atoms with Gasteiger partial charge in [0.2, 0.25) is 11.8 Å². The lowest BCUT2D eigenvalue weighted by atomic mass is 10.0. The predicted octanol–water partition coefficient (Wildman–Crippen LogP) is 6.01. The largest absolute Gasteiger partial charge is 0.497 e. The van der Waals surface area contributed by atoms with Gasteiger partial charge in [0.1, 0.15) is 17.5 Å². The number of benzene rings is 4. The van der Waals surface area contributed by atoms with Crippen LogP contribution in [-0.4, -0.2) is 29.5 Å². The molecule has 7 nitrogen and oxygen atoms in total. The maximum absolute atomic E-state index is 13.8. The lowest BCUT2D eigenvalue weighted by Crippen LogP contribution is -2.46. The number of hydrogen-bond donors (Lipinski definition) is 2. The Balaban J connectivity index is 1.38. The first-order chi connectivity index (χ1) is 21.3. The molecule has 5 aromatic rings. The summed E-state index contributed by atoms with van der Waals surface area (Å²) >= 11 is 5.96. The molecular formula is C36H34ClN3O4. The summed E-state index contributed by atoms with van der Waals surface area (Å²) in [6.07, 6.45) is 2.05. The molecule has 0 radical (unpaired) electrons. The average Bonchev–Trinajstić information content (AvgIpc) is 3.05. The standard InChI is InChI=1S/C36H34ClN3O4/c1-24-18-19-40(23-27-14-16-30(44-2)17-15-27)36(43)34(24)39-35(42)32(20-25-10-12-26(22-37)13-11-25)38-33(41)21-29-8-5-7-28-6-3-4-9-31(28)29/h3-19,32H,20-23H2,1-2H3,(H,38,41)(H,39,42)/t32-/m0/s1. The summed E-state index contributed by atoms with van der Waals surface area (Å²) in [6, 6.07) is 29.6. The quantitative estimate of drug-likeness (QED) is 0.180. The summed E-state index contributed by atoms with van der Waals surface area (Å²) in [5.41, 5.74) is 4.05. The molecule has 0 aliphatic rings. The van der Waals surface area contributed by atoms with Crippen LogP contribution >= 0.6 is 11.6 Å². The van der Waals surface area contributed by atoms with Gasteiger partial charge in [0.15, 0.2) is 0 Å². The maximum Gasteiger partial charge on any atom is 0.274 e. The van der Waals surface area contributed by atoms with Crippen LogP contribution in [0.25, 0.3) is 10.8 Å². The summed E-state index contributed by atoms with van der Waals surface area (Å²) in [6.45, 7) is 2.10. The number of nitrogens with zero attached hydrogens (tertiary/aromatic N) is 1. The molecule has 4 aromatic carbocycles. The van der Waals surface area contributed by atoms with Gasteiger partial charge in [-0.15, -0.1) is 11.6 Å². The number of fused-ring (bicyclic) bond motifs is 1. The second-order valence-electron chi connectivity index (χ2n) is 10.7. The van der Waals surface area contributed by atoms with E-state index < -0.39 is 11.9 Å². The van der Waals surface area contributed by atoms with Crippen LogP contribution in [0.3, 0.4) is 0 Å². The zero-order chi connectivity index (χ0) is 31.1. The highest BCUT2D eigenvalue weighted by molar-refractivity contribution is 6.17. The zero-order valence-corrected chi connectivity index (χ0v) is 25.4. The van der Waals surface area contributed by atoms with E-state index >= 15 is 0 Å². The first-order valence-corrected chi connectivity index (χ1v) is 14.9. The topological polar surface area (TPSA) is 89.4 Å². The molecule has 0 aliphatic carbocycles. The summed E-state index contributed by atoms with van der Waals surface area (Å²) in [7, 11) is 1.60. The van der Waals surface area contributed by atoms with Crippen LogP contribution in [0.5, 0.6) is 5.75 Å². The van der Waals surface area contributed by atoms with Gasteiger partial charge in [-0.3, -0.25) is 14.4 Å². The Bertz CT molecular complexity index is 1830. The predicted molar refractivity (Wildman–Crippen MR) is 175 cm³/mol. The molecular weight excluding hydrogens is 574 g/mol. The molecule has 0 saturated heterocycles. The molecule has 224 valence electrons. The van der Waals surface area contributed by atoms with Crippen LogP contribution in [0, 0.1) is 6.92 Å². The molecule has 0 fully saturated rings. The molecule has 44 heavy (non-hydrogen) atoms. The number of pyridine rings is 1. The van der Waals surface area contributed by atoms with Crippen LogP contribution in [-0.2, 0) is 34.9 Å². The fraction of sp³-hybridized carbons (Fsp3) is 0.194. The number of rotatable bonds is 11. The summed E-state index contributed by atoms with van der Waals surface area (Å²) < 4.78 is 6.77. The third-order valence-corrected chi connectivity index (χ3v) is 7.94. The Kier molecular flexibility index (Phi) is 9.77. The molecule has 0 spiro atoms. The van der Waals surface area contributed by atoms with E-state index in [1.807, 2.05) is 91.0 Å². The van der Waals surface area contributed by atoms with Crippen LogP contribution < -0.4 is 20.9 Å². The van der Waals surface area contributed by atoms with Gasteiger partial charge in [0.25, 0.3) is 5.56 Å². The minimum atomic E-state index is -0.923. The third kappa shape index (κ3) is 7.36. The molecule has 1 aromatic heterocycles. The number of anilines is 1. The van der Waals surface area contributed by atoms with E-state index in [0.717, 1.165) is 38.8 Å². The van der Waals surface area contributed by atoms with Gasteiger partial charge in [0, 0.05) is 18.5 Å². The minimum Gasteiger partial charge on any atom is -0.497 e. The smallest absolute Gasteiger partial charge is 0.274 e. The summed E-state index contributed by atoms with van der Waals surface area (Å²) in [4.78, 5) is 40.7. The highest BCUT2D eigenvalue weighted by Gasteiger charge is 2.24. The normalized spacial score (nSPS) is 11.6. The number of amides is 2. The second-order valence-corrected chi connectivity index (χ2v) is 11.0. The number of nitrogens with one attached hydrogen (secondary N) is 2. The number of aromatic nitrogens is 1. The minimum absolute atomic E-state index is 0.106. The maximum atomic E-state index is 13.8. The van der Waals surface area contributed by atoms with Gasteiger partial charge < -0.3 is 19.9 Å². The van der Waals surface area contributed by atoms with E-state index in [9.17, 15) is 14.4 Å². The SMILES string of the molecule is COc1ccc(Cn2ccc(C)c(NC(=O)[C@H](Cc3ccc(CCl)cc3)NC(=O)Cc3cccc4ccccc34)c2=O)cc1. The average molecular weight is 608 g/mol. The lowest BCUT2D eigenvalue weighted by molar-refractivity contribution is -0.126. The Morgan fingerprint density at radius 1 is 0.864 bits per heavy atom. The molecule has 2 amide bonds. The monoisotopic (exact) mass is 607 g/mol. The van der Waals surface area contributed by atoms with Crippen molar-refractivity contribution < 1.29 is 14.3 Å². The van der Waals surface area contributed by atoms with E-state index in [4.69, 9.17) is 16.3 Å². The van der Waals surface area contributed by atoms with Crippen molar-refractivity contribution in [2.24, 2.45) is 0 Å². The van der Waals surface area contributed by atoms with Crippen molar-refractivity contribution in [1.82, 2.24) is 9.88 Å². The molecule has 0 saturated carbocycles. The van der Waals surface area contributed by atoms with Gasteiger partial charge in [-0.05, 0) is 63.7 Å². The van der Waals surface area contributed by atoms with E-state index in [2.05, 4.69) is 10.6 Å². The Labute approximate surface area is 261 Å². The highest BCUT2D eigenvalue weighted by Crippen LogP contribution is 2.20. The summed E-state index contributed by atoms with van der Waals surface area (Å²) in [5, 5.41) is 7.80. The van der Waals surface area contributed by atoms with Gasteiger partial charge in [-0.25, -0.2) is 0 Å². The number of carbonyl (C=O) groups excluding carboxylic acids is 2. The molecule has 1 atom stereocenters. The number of ether oxygens (including phenoxy) is 1. The third-order valence-electron chi connectivity index (χ3n) is 7.63. The van der Waals surface area contributed by atoms with E-state index in [-0.39, 0.29) is 30.0 Å². The van der Waals surface area contributed by atoms with Gasteiger partial charge in [-0.1, -0.05) is 78.9 Å². The molecule has 0 aliphatic heterocycles. The van der Waals surface area contributed by atoms with Crippen LogP contribution in [0.1, 0.15) is 27.8 Å². The lowest BCUT2D eigenvalue weighted by Gasteiger charge is -2.20. The number of carbonyl (C=O) groups is 2. The van der Waals surface area contributed by atoms with Crippen LogP contribution in [0.2, 0.25) is 0 Å². The van der Waals surface area contributed by atoms with E-state index in [1.165, 1.54) is 0 Å². The fourth-order valence-corrected chi connectivity index (χ4v) is 5.33. The molecule has 5 rings (SSSR count). The highest BCUT2D eigenvalue weighted by atomic mass is 35.5. The van der Waals surface area contributed by atoms with Crippen molar-refractivity contribution in [3.8, 4) is 5.75 Å². The molecule has 0 unspecified atom stereocenters. The van der Waals surface area contributed by atoms with Gasteiger partial charge in [-0.2, -0.15) is 0 Å². The first kappa shape index (κ1) is 30.6. The van der Waals surface area contributed by atoms with Gasteiger partial charge in [0.05, 0.1) is 20.1 Å². The Hall–Kier alpha value is -4.88. The fourth-order valence-electron chi connectivity index (χ4n) is 5.15. The van der Waals surface area contributed by atoms with Crippen molar-refractivity contribution in [3.05, 3.63) is 141 Å². The van der Waals surface area contributed by atoms with Crippen molar-refractivity contribution in [1.29, 1.82) is 0 Å². The van der Waals surface area contributed by atoms with Crippen molar-refractivity contribution in [2.75, 3.05) is 12.4 Å².